The molecule has 1 saturated heterocycles. The minimum absolute atomic E-state index is 0.0238. The number of thiophene rings is 1. The van der Waals surface area contributed by atoms with E-state index in [0.717, 1.165) is 25.9 Å². The van der Waals surface area contributed by atoms with Crippen LogP contribution >= 0.6 is 11.3 Å². The lowest BCUT2D eigenvalue weighted by Gasteiger charge is -2.36. The standard InChI is InChI=1S/C21H24N2O4S2/c1-15-8-10-23(11-9-15)18(20-3-2-12-28-20)14-22-29(25,26)17-5-6-19-16(13-17)4-7-21(24)27-19/h2-7,12-13,15,18,22H,8-11,14H2,1H3. The number of likely N-dealkylation sites (tertiary alicyclic amines) is 1. The molecule has 1 aliphatic rings. The molecule has 0 aliphatic carbocycles. The van der Waals surface area contributed by atoms with Gasteiger partial charge >= 0.3 is 5.63 Å². The number of fused-ring (bicyclic) bond motifs is 1. The Morgan fingerprint density at radius 2 is 2.00 bits per heavy atom. The third-order valence-corrected chi connectivity index (χ3v) is 7.89. The van der Waals surface area contributed by atoms with E-state index < -0.39 is 15.6 Å². The predicted molar refractivity (Wildman–Crippen MR) is 115 cm³/mol. The van der Waals surface area contributed by atoms with Crippen LogP contribution in [0.25, 0.3) is 11.0 Å². The van der Waals surface area contributed by atoms with E-state index in [1.807, 2.05) is 11.4 Å². The fraction of sp³-hybridized carbons (Fsp3) is 0.381. The molecular weight excluding hydrogens is 408 g/mol. The maximum atomic E-state index is 12.9. The van der Waals surface area contributed by atoms with Gasteiger partial charge in [-0.3, -0.25) is 4.90 Å². The van der Waals surface area contributed by atoms with Gasteiger partial charge in [-0.25, -0.2) is 17.9 Å². The summed E-state index contributed by atoms with van der Waals surface area (Å²) in [6.45, 7) is 4.53. The van der Waals surface area contributed by atoms with Gasteiger partial charge in [-0.05, 0) is 67.6 Å². The predicted octanol–water partition coefficient (Wildman–Crippen LogP) is 3.61. The molecule has 0 saturated carbocycles. The molecule has 154 valence electrons. The SMILES string of the molecule is CC1CCN(C(CNS(=O)(=O)c2ccc3oc(=O)ccc3c2)c2cccs2)CC1. The van der Waals surface area contributed by atoms with E-state index in [0.29, 0.717) is 23.4 Å². The first kappa shape index (κ1) is 20.3. The fourth-order valence-corrected chi connectivity index (χ4v) is 5.65. The van der Waals surface area contributed by atoms with Crippen LogP contribution in [-0.2, 0) is 10.0 Å². The number of rotatable bonds is 6. The summed E-state index contributed by atoms with van der Waals surface area (Å²) in [6, 6.07) is 11.5. The minimum Gasteiger partial charge on any atom is -0.423 e. The number of hydrogen-bond donors (Lipinski definition) is 1. The van der Waals surface area contributed by atoms with E-state index in [1.54, 1.807) is 17.4 Å². The average Bonchev–Trinajstić information content (AvgIpc) is 3.23. The maximum Gasteiger partial charge on any atom is 0.336 e. The highest BCUT2D eigenvalue weighted by Gasteiger charge is 2.27. The molecule has 0 radical (unpaired) electrons. The Balaban J connectivity index is 1.54. The summed E-state index contributed by atoms with van der Waals surface area (Å²) in [5.41, 5.74) is -0.0868. The normalized spacial score (nSPS) is 17.6. The van der Waals surface area contributed by atoms with Gasteiger partial charge in [-0.1, -0.05) is 13.0 Å². The molecule has 2 aromatic heterocycles. The van der Waals surface area contributed by atoms with Crippen LogP contribution in [0.2, 0.25) is 0 Å². The van der Waals surface area contributed by atoms with Gasteiger partial charge in [0, 0.05) is 22.9 Å². The summed E-state index contributed by atoms with van der Waals surface area (Å²) in [4.78, 5) is 15.0. The van der Waals surface area contributed by atoms with Crippen molar-refractivity contribution in [1.29, 1.82) is 0 Å². The van der Waals surface area contributed by atoms with Gasteiger partial charge in [0.2, 0.25) is 10.0 Å². The van der Waals surface area contributed by atoms with Crippen LogP contribution in [0.5, 0.6) is 0 Å². The molecule has 0 spiro atoms. The van der Waals surface area contributed by atoms with Crippen molar-refractivity contribution >= 4 is 32.3 Å². The van der Waals surface area contributed by atoms with Crippen molar-refractivity contribution in [2.75, 3.05) is 19.6 Å². The molecule has 1 fully saturated rings. The number of sulfonamides is 1. The Kier molecular flexibility index (Phi) is 5.87. The second-order valence-electron chi connectivity index (χ2n) is 7.56. The van der Waals surface area contributed by atoms with Gasteiger partial charge in [0.25, 0.3) is 0 Å². The van der Waals surface area contributed by atoms with Gasteiger partial charge in [-0.2, -0.15) is 0 Å². The second-order valence-corrected chi connectivity index (χ2v) is 10.3. The summed E-state index contributed by atoms with van der Waals surface area (Å²) in [5, 5.41) is 2.60. The molecule has 3 aromatic rings. The smallest absolute Gasteiger partial charge is 0.336 e. The topological polar surface area (TPSA) is 79.6 Å². The van der Waals surface area contributed by atoms with Crippen molar-refractivity contribution in [3.05, 3.63) is 63.1 Å². The van der Waals surface area contributed by atoms with Crippen LogP contribution < -0.4 is 10.3 Å². The Labute approximate surface area is 174 Å². The average molecular weight is 433 g/mol. The number of nitrogens with one attached hydrogen (secondary N) is 1. The van der Waals surface area contributed by atoms with Crippen molar-refractivity contribution in [3.63, 3.8) is 0 Å². The first-order valence-electron chi connectivity index (χ1n) is 9.73. The largest absolute Gasteiger partial charge is 0.423 e. The maximum absolute atomic E-state index is 12.9. The fourth-order valence-electron chi connectivity index (χ4n) is 3.72. The Bertz CT molecular complexity index is 1130. The molecular formula is C21H24N2O4S2. The number of nitrogens with zero attached hydrogens (tertiary/aromatic N) is 1. The molecule has 1 N–H and O–H groups in total. The van der Waals surface area contributed by atoms with E-state index >= 15 is 0 Å². The highest BCUT2D eigenvalue weighted by molar-refractivity contribution is 7.89. The lowest BCUT2D eigenvalue weighted by Crippen LogP contribution is -2.41. The number of benzene rings is 1. The van der Waals surface area contributed by atoms with Crippen molar-refractivity contribution < 1.29 is 12.8 Å². The highest BCUT2D eigenvalue weighted by atomic mass is 32.2. The van der Waals surface area contributed by atoms with Crippen LogP contribution in [0.1, 0.15) is 30.7 Å². The van der Waals surface area contributed by atoms with Crippen LogP contribution in [0.3, 0.4) is 0 Å². The molecule has 6 nitrogen and oxygen atoms in total. The highest BCUT2D eigenvalue weighted by Crippen LogP contribution is 2.29. The van der Waals surface area contributed by atoms with Gasteiger partial charge in [0.05, 0.1) is 10.9 Å². The molecule has 1 unspecified atom stereocenters. The summed E-state index contributed by atoms with van der Waals surface area (Å²) >= 11 is 1.66. The van der Waals surface area contributed by atoms with E-state index in [-0.39, 0.29) is 10.9 Å². The Morgan fingerprint density at radius 3 is 2.72 bits per heavy atom. The molecule has 1 aliphatic heterocycles. The Hall–Kier alpha value is -2.00. The summed E-state index contributed by atoms with van der Waals surface area (Å²) in [5.74, 6) is 0.713. The zero-order valence-electron chi connectivity index (χ0n) is 16.2. The van der Waals surface area contributed by atoms with Crippen molar-refractivity contribution in [2.45, 2.75) is 30.7 Å². The lowest BCUT2D eigenvalue weighted by atomic mass is 9.97. The molecule has 0 amide bonds. The van der Waals surface area contributed by atoms with E-state index in [2.05, 4.69) is 22.6 Å². The summed E-state index contributed by atoms with van der Waals surface area (Å²) < 4.78 is 33.7. The molecule has 8 heteroatoms. The lowest BCUT2D eigenvalue weighted by molar-refractivity contribution is 0.141. The van der Waals surface area contributed by atoms with Crippen molar-refractivity contribution in [3.8, 4) is 0 Å². The van der Waals surface area contributed by atoms with E-state index in [1.165, 1.54) is 29.1 Å². The van der Waals surface area contributed by atoms with E-state index in [9.17, 15) is 13.2 Å². The quantitative estimate of drug-likeness (QED) is 0.602. The van der Waals surface area contributed by atoms with Crippen molar-refractivity contribution in [2.24, 2.45) is 5.92 Å². The Morgan fingerprint density at radius 1 is 1.21 bits per heavy atom. The number of hydrogen-bond acceptors (Lipinski definition) is 6. The molecule has 1 atom stereocenters. The summed E-state index contributed by atoms with van der Waals surface area (Å²) in [6.07, 6.45) is 2.26. The third kappa shape index (κ3) is 4.61. The molecule has 4 rings (SSSR count). The van der Waals surface area contributed by atoms with Crippen molar-refractivity contribution in [1.82, 2.24) is 9.62 Å². The molecule has 1 aromatic carbocycles. The molecule has 3 heterocycles. The number of piperidine rings is 1. The second kappa shape index (κ2) is 8.39. The van der Waals surface area contributed by atoms with Gasteiger partial charge in [0.1, 0.15) is 5.58 Å². The monoisotopic (exact) mass is 432 g/mol. The minimum atomic E-state index is -3.69. The zero-order chi connectivity index (χ0) is 20.4. The first-order valence-corrected chi connectivity index (χ1v) is 12.1. The van der Waals surface area contributed by atoms with Crippen LogP contribution in [0.15, 0.2) is 62.0 Å². The van der Waals surface area contributed by atoms with Crippen LogP contribution in [0.4, 0.5) is 0 Å². The van der Waals surface area contributed by atoms with E-state index in [4.69, 9.17) is 4.42 Å². The summed E-state index contributed by atoms with van der Waals surface area (Å²) in [7, 11) is -3.69. The van der Waals surface area contributed by atoms with Crippen LogP contribution in [0, 0.1) is 5.92 Å². The van der Waals surface area contributed by atoms with Gasteiger partial charge < -0.3 is 4.42 Å². The molecule has 0 bridgehead atoms. The first-order chi connectivity index (χ1) is 13.9. The zero-order valence-corrected chi connectivity index (χ0v) is 17.8. The third-order valence-electron chi connectivity index (χ3n) is 5.50. The van der Waals surface area contributed by atoms with Gasteiger partial charge in [0.15, 0.2) is 0 Å². The molecule has 29 heavy (non-hydrogen) atoms. The van der Waals surface area contributed by atoms with Crippen LogP contribution in [-0.4, -0.2) is 33.0 Å². The van der Waals surface area contributed by atoms with Gasteiger partial charge in [-0.15, -0.1) is 11.3 Å².